The number of aliphatic hydroxyl groups excluding tert-OH is 1. The Balaban J connectivity index is 5.22. The molecule has 0 aliphatic carbocycles. The maximum Gasteiger partial charge on any atom is 0.472 e. The molecular formula is C61H118O17P2. The van der Waals surface area contributed by atoms with Gasteiger partial charge in [-0.3, -0.25) is 37.3 Å². The number of carbonyl (C=O) groups excluding carboxylic acids is 4. The standard InChI is InChI=1S/C61H118O17P2/c1-7-9-11-13-15-19-24-31-37-43-58(63)71-49-56(77-60(65)45-39-33-25-20-16-14-12-10-8-2)51-75-79(67,68)73-47-55(62)48-74-80(69,70)76-52-57(50-72-59(64)44-38-32-28-27-30-36-42-54(5)6)78-61(66)46-40-34-26-22-18-17-21-23-29-35-41-53(3)4/h53-57,62H,7-52H2,1-6H3,(H,67,68)(H,69,70)/t55-,56+,57+/m0/s1. The van der Waals surface area contributed by atoms with Crippen LogP contribution in [0.1, 0.15) is 298 Å². The largest absolute Gasteiger partial charge is 0.472 e. The van der Waals surface area contributed by atoms with Crippen molar-refractivity contribution in [3.63, 3.8) is 0 Å². The van der Waals surface area contributed by atoms with Crippen LogP contribution in [-0.4, -0.2) is 96.7 Å². The zero-order valence-electron chi connectivity index (χ0n) is 51.4. The second-order valence-electron chi connectivity index (χ2n) is 23.0. The van der Waals surface area contributed by atoms with Crippen LogP contribution in [0.5, 0.6) is 0 Å². The summed E-state index contributed by atoms with van der Waals surface area (Å²) in [7, 11) is -9.88. The molecule has 0 fully saturated rings. The van der Waals surface area contributed by atoms with E-state index in [1.807, 2.05) is 0 Å². The summed E-state index contributed by atoms with van der Waals surface area (Å²) < 4.78 is 67.8. The number of hydrogen-bond donors (Lipinski definition) is 3. The van der Waals surface area contributed by atoms with E-state index < -0.39 is 97.5 Å². The van der Waals surface area contributed by atoms with Gasteiger partial charge in [-0.15, -0.1) is 0 Å². The molecule has 0 saturated carbocycles. The van der Waals surface area contributed by atoms with E-state index in [4.69, 9.17) is 37.0 Å². The van der Waals surface area contributed by atoms with E-state index in [0.717, 1.165) is 102 Å². The van der Waals surface area contributed by atoms with Crippen LogP contribution in [0.3, 0.4) is 0 Å². The molecule has 0 aliphatic heterocycles. The van der Waals surface area contributed by atoms with Crippen molar-refractivity contribution in [3.05, 3.63) is 0 Å². The molecule has 474 valence electrons. The molecule has 0 saturated heterocycles. The summed E-state index contributed by atoms with van der Waals surface area (Å²) in [5, 5.41) is 10.5. The Hall–Kier alpha value is -1.94. The lowest BCUT2D eigenvalue weighted by Gasteiger charge is -2.21. The van der Waals surface area contributed by atoms with Gasteiger partial charge < -0.3 is 33.8 Å². The van der Waals surface area contributed by atoms with E-state index in [1.165, 1.54) is 109 Å². The molecule has 0 aromatic rings. The van der Waals surface area contributed by atoms with E-state index in [9.17, 15) is 43.2 Å². The zero-order valence-corrected chi connectivity index (χ0v) is 53.2. The van der Waals surface area contributed by atoms with Gasteiger partial charge in [-0.2, -0.15) is 0 Å². The third-order valence-corrected chi connectivity index (χ3v) is 15.9. The predicted octanol–water partition coefficient (Wildman–Crippen LogP) is 16.5. The molecule has 2 unspecified atom stereocenters. The Kier molecular flexibility index (Phi) is 52.5. The molecule has 5 atom stereocenters. The first-order valence-electron chi connectivity index (χ1n) is 32.0. The van der Waals surface area contributed by atoms with Crippen LogP contribution in [0.2, 0.25) is 0 Å². The molecule has 0 aromatic heterocycles. The summed E-state index contributed by atoms with van der Waals surface area (Å²) in [6.45, 7) is 9.35. The molecule has 17 nitrogen and oxygen atoms in total. The van der Waals surface area contributed by atoms with Gasteiger partial charge >= 0.3 is 39.5 Å². The van der Waals surface area contributed by atoms with Crippen LogP contribution in [0.4, 0.5) is 0 Å². The van der Waals surface area contributed by atoms with Crippen LogP contribution in [-0.2, 0) is 65.4 Å². The van der Waals surface area contributed by atoms with Crippen molar-refractivity contribution >= 4 is 39.5 Å². The first-order valence-corrected chi connectivity index (χ1v) is 35.0. The smallest absolute Gasteiger partial charge is 0.462 e. The topological polar surface area (TPSA) is 237 Å². The number of unbranched alkanes of at least 4 members (excludes halogenated alkanes) is 30. The van der Waals surface area contributed by atoms with E-state index in [-0.39, 0.29) is 25.7 Å². The fourth-order valence-electron chi connectivity index (χ4n) is 9.00. The summed E-state index contributed by atoms with van der Waals surface area (Å²) in [5.41, 5.74) is 0. The summed E-state index contributed by atoms with van der Waals surface area (Å²) in [5.74, 6) is -0.710. The van der Waals surface area contributed by atoms with Gasteiger partial charge in [0.25, 0.3) is 0 Å². The molecule has 0 aromatic carbocycles. The number of hydrogen-bond acceptors (Lipinski definition) is 15. The molecule has 0 radical (unpaired) electrons. The van der Waals surface area contributed by atoms with E-state index >= 15 is 0 Å². The number of phosphoric acid groups is 2. The number of ether oxygens (including phenoxy) is 4. The number of aliphatic hydroxyl groups is 1. The van der Waals surface area contributed by atoms with Crippen molar-refractivity contribution in [3.8, 4) is 0 Å². The first-order chi connectivity index (χ1) is 38.4. The first kappa shape index (κ1) is 78.1. The second-order valence-corrected chi connectivity index (χ2v) is 25.9. The molecule has 0 spiro atoms. The van der Waals surface area contributed by atoms with Crippen molar-refractivity contribution < 1.29 is 80.2 Å². The average molecular weight is 1190 g/mol. The molecular weight excluding hydrogens is 1070 g/mol. The van der Waals surface area contributed by atoms with Crippen LogP contribution in [0.15, 0.2) is 0 Å². The van der Waals surface area contributed by atoms with Crippen molar-refractivity contribution in [2.75, 3.05) is 39.6 Å². The minimum atomic E-state index is -4.94. The maximum absolute atomic E-state index is 12.9. The van der Waals surface area contributed by atoms with Crippen molar-refractivity contribution in [2.45, 2.75) is 317 Å². The summed E-state index contributed by atoms with van der Waals surface area (Å²) in [4.78, 5) is 72.0. The van der Waals surface area contributed by atoms with Gasteiger partial charge in [0.05, 0.1) is 26.4 Å². The van der Waals surface area contributed by atoms with Crippen LogP contribution in [0, 0.1) is 11.8 Å². The molecule has 19 heteroatoms. The van der Waals surface area contributed by atoms with Crippen molar-refractivity contribution in [2.24, 2.45) is 11.8 Å². The molecule has 0 heterocycles. The van der Waals surface area contributed by atoms with Gasteiger partial charge in [0.15, 0.2) is 12.2 Å². The highest BCUT2D eigenvalue weighted by atomic mass is 31.2. The van der Waals surface area contributed by atoms with E-state index in [2.05, 4.69) is 41.5 Å². The number of rotatable bonds is 60. The molecule has 0 aliphatic rings. The molecule has 0 rings (SSSR count). The van der Waals surface area contributed by atoms with Gasteiger partial charge in [0.2, 0.25) is 0 Å². The van der Waals surface area contributed by atoms with Crippen LogP contribution < -0.4 is 0 Å². The van der Waals surface area contributed by atoms with Crippen molar-refractivity contribution in [1.29, 1.82) is 0 Å². The third kappa shape index (κ3) is 55.3. The number of phosphoric ester groups is 2. The Morgan fingerprint density at radius 3 is 0.850 bits per heavy atom. The minimum Gasteiger partial charge on any atom is -0.462 e. The molecule has 0 amide bonds. The van der Waals surface area contributed by atoms with Gasteiger partial charge in [0, 0.05) is 25.7 Å². The quantitative estimate of drug-likeness (QED) is 0.0222. The Bertz CT molecular complexity index is 1580. The fraction of sp³-hybridized carbons (Fsp3) is 0.934. The zero-order chi connectivity index (χ0) is 59.4. The minimum absolute atomic E-state index is 0.105. The monoisotopic (exact) mass is 1180 g/mol. The lowest BCUT2D eigenvalue weighted by molar-refractivity contribution is -0.161. The lowest BCUT2D eigenvalue weighted by atomic mass is 10.0. The Morgan fingerprint density at radius 2 is 0.575 bits per heavy atom. The van der Waals surface area contributed by atoms with Crippen molar-refractivity contribution in [1.82, 2.24) is 0 Å². The molecule has 80 heavy (non-hydrogen) atoms. The highest BCUT2D eigenvalue weighted by Crippen LogP contribution is 2.45. The van der Waals surface area contributed by atoms with Crippen LogP contribution in [0.25, 0.3) is 0 Å². The number of esters is 4. The summed E-state index contributed by atoms with van der Waals surface area (Å²) in [6.07, 6.45) is 35.0. The van der Waals surface area contributed by atoms with Crippen LogP contribution >= 0.6 is 15.6 Å². The summed E-state index contributed by atoms with van der Waals surface area (Å²) in [6, 6.07) is 0. The van der Waals surface area contributed by atoms with Gasteiger partial charge in [-0.1, -0.05) is 247 Å². The van der Waals surface area contributed by atoms with Gasteiger partial charge in [0.1, 0.15) is 19.3 Å². The normalized spacial score (nSPS) is 14.4. The van der Waals surface area contributed by atoms with Gasteiger partial charge in [-0.05, 0) is 37.5 Å². The average Bonchev–Trinajstić information content (AvgIpc) is 3.41. The lowest BCUT2D eigenvalue weighted by Crippen LogP contribution is -2.30. The third-order valence-electron chi connectivity index (χ3n) is 14.0. The Morgan fingerprint density at radius 1 is 0.338 bits per heavy atom. The van der Waals surface area contributed by atoms with E-state index in [0.29, 0.717) is 31.6 Å². The molecule has 3 N–H and O–H groups in total. The van der Waals surface area contributed by atoms with E-state index in [1.54, 1.807) is 0 Å². The van der Waals surface area contributed by atoms with Gasteiger partial charge in [-0.25, -0.2) is 9.13 Å². The highest BCUT2D eigenvalue weighted by Gasteiger charge is 2.30. The second kappa shape index (κ2) is 53.8. The maximum atomic E-state index is 12.9. The highest BCUT2D eigenvalue weighted by molar-refractivity contribution is 7.47. The SMILES string of the molecule is CCCCCCCCCCCC(=O)OC[C@H](COP(=O)(O)OC[C@H](O)COP(=O)(O)OC[C@@H](COC(=O)CCCCCCCCC(C)C)OC(=O)CCCCCCCCCCCCC(C)C)OC(=O)CCCCCCCCCCC. The fourth-order valence-corrected chi connectivity index (χ4v) is 10.6. The molecule has 0 bridgehead atoms. The predicted molar refractivity (Wildman–Crippen MR) is 317 cm³/mol. The Labute approximate surface area is 486 Å². The summed E-state index contributed by atoms with van der Waals surface area (Å²) >= 11 is 0. The number of carbonyl (C=O) groups is 4.